The molecule has 0 saturated heterocycles. The highest BCUT2D eigenvalue weighted by Crippen LogP contribution is 2.38. The van der Waals surface area contributed by atoms with E-state index in [1.807, 2.05) is 0 Å². The fourth-order valence-electron chi connectivity index (χ4n) is 3.28. The number of nitrogens with one attached hydrogen (secondary N) is 1. The van der Waals surface area contributed by atoms with Crippen molar-refractivity contribution in [3.8, 4) is 0 Å². The Morgan fingerprint density at radius 1 is 1.09 bits per heavy atom. The van der Waals surface area contributed by atoms with Gasteiger partial charge in [0, 0.05) is 14.5 Å². The van der Waals surface area contributed by atoms with Crippen LogP contribution >= 0.6 is 31.9 Å². The van der Waals surface area contributed by atoms with Crippen molar-refractivity contribution in [3.05, 3.63) is 73.7 Å². The third-order valence-corrected chi connectivity index (χ3v) is 7.15. The van der Waals surface area contributed by atoms with Crippen LogP contribution in [0.3, 0.4) is 0 Å². The van der Waals surface area contributed by atoms with Gasteiger partial charge in [0.2, 0.25) is 5.75 Å². The molecule has 0 aliphatic carbocycles. The normalized spacial score (nSPS) is 15.2. The number of halogens is 8. The molecule has 3 atom stereocenters. The summed E-state index contributed by atoms with van der Waals surface area (Å²) in [6.45, 7) is 3.03. The molecule has 2 rings (SSSR count). The van der Waals surface area contributed by atoms with Crippen molar-refractivity contribution in [1.82, 2.24) is 5.32 Å². The summed E-state index contributed by atoms with van der Waals surface area (Å²) >= 11 is 4.20. The van der Waals surface area contributed by atoms with Gasteiger partial charge in [0.15, 0.2) is 0 Å². The first-order valence-corrected chi connectivity index (χ1v) is 13.2. The van der Waals surface area contributed by atoms with E-state index in [1.165, 1.54) is 43.3 Å². The molecule has 0 fully saturated rings. The minimum absolute atomic E-state index is 0.0413. The Hall–Kier alpha value is -1.50. The van der Waals surface area contributed by atoms with E-state index in [0.717, 1.165) is 6.08 Å². The highest BCUT2D eigenvalue weighted by molar-refractivity contribution is 9.11. The number of hydrogen-bond donors (Lipinski definition) is 1. The largest absolute Gasteiger partial charge is 0.616 e. The summed E-state index contributed by atoms with van der Waals surface area (Å²) in [5.41, 5.74) is 1.14. The number of alkyl halides is 6. The Morgan fingerprint density at radius 3 is 2.20 bits per heavy atom. The Morgan fingerprint density at radius 2 is 1.69 bits per heavy atom. The second-order valence-electron chi connectivity index (χ2n) is 7.90. The van der Waals surface area contributed by atoms with Crippen molar-refractivity contribution in [2.45, 2.75) is 38.2 Å². The van der Waals surface area contributed by atoms with Gasteiger partial charge in [-0.1, -0.05) is 56.1 Å². The number of allylic oxidation sites excluding steroid dienone is 1. The van der Waals surface area contributed by atoms with Crippen LogP contribution in [0.2, 0.25) is 0 Å². The summed E-state index contributed by atoms with van der Waals surface area (Å²) in [5.74, 6) is -4.27. The minimum Gasteiger partial charge on any atom is -0.616 e. The molecule has 0 bridgehead atoms. The SMILES string of the molecule is Cc1cc(/C=C/C(c2cc(Br)cc(Br)c2)C(F)(F)F)ccc1C(=O)N[C@H](C)C[S+]([O-])CC(F)(F)F. The van der Waals surface area contributed by atoms with Gasteiger partial charge in [0.1, 0.15) is 5.75 Å². The smallest absolute Gasteiger partial charge is 0.433 e. The maximum Gasteiger partial charge on any atom is 0.433 e. The van der Waals surface area contributed by atoms with E-state index in [9.17, 15) is 35.7 Å². The molecule has 35 heavy (non-hydrogen) atoms. The molecular formula is C23H21Br2F6NO2S. The van der Waals surface area contributed by atoms with E-state index in [-0.39, 0.29) is 16.9 Å². The van der Waals surface area contributed by atoms with Crippen LogP contribution in [0.15, 0.2) is 51.4 Å². The molecule has 0 spiro atoms. The van der Waals surface area contributed by atoms with Gasteiger partial charge >= 0.3 is 12.4 Å². The maximum atomic E-state index is 13.7. The molecule has 0 heterocycles. The summed E-state index contributed by atoms with van der Waals surface area (Å²) in [6.07, 6.45) is -6.76. The van der Waals surface area contributed by atoms with Crippen LogP contribution in [-0.4, -0.2) is 40.4 Å². The predicted octanol–water partition coefficient (Wildman–Crippen LogP) is 7.31. The van der Waals surface area contributed by atoms with Gasteiger partial charge in [-0.2, -0.15) is 26.3 Å². The van der Waals surface area contributed by atoms with Gasteiger partial charge in [0.05, 0.1) is 12.0 Å². The summed E-state index contributed by atoms with van der Waals surface area (Å²) in [4.78, 5) is 12.5. The molecule has 3 nitrogen and oxygen atoms in total. The van der Waals surface area contributed by atoms with Gasteiger partial charge in [-0.3, -0.25) is 4.79 Å². The molecule has 2 aromatic rings. The highest BCUT2D eigenvalue weighted by atomic mass is 79.9. The van der Waals surface area contributed by atoms with E-state index >= 15 is 0 Å². The molecule has 1 N–H and O–H groups in total. The lowest BCUT2D eigenvalue weighted by Crippen LogP contribution is -2.40. The van der Waals surface area contributed by atoms with Gasteiger partial charge in [-0.25, -0.2) is 0 Å². The molecule has 0 saturated carbocycles. The van der Waals surface area contributed by atoms with Crippen molar-refractivity contribution < 1.29 is 35.7 Å². The van der Waals surface area contributed by atoms with Crippen LogP contribution in [0, 0.1) is 6.92 Å². The van der Waals surface area contributed by atoms with E-state index in [2.05, 4.69) is 37.2 Å². The number of benzene rings is 2. The first-order valence-electron chi connectivity index (χ1n) is 10.1. The van der Waals surface area contributed by atoms with Crippen LogP contribution in [0.25, 0.3) is 6.08 Å². The molecule has 0 aromatic heterocycles. The second kappa shape index (κ2) is 12.2. The molecule has 1 amide bonds. The summed E-state index contributed by atoms with van der Waals surface area (Å²) in [5, 5.41) is 2.50. The van der Waals surface area contributed by atoms with Crippen LogP contribution in [0.1, 0.15) is 39.9 Å². The topological polar surface area (TPSA) is 52.2 Å². The Balaban J connectivity index is 2.14. The van der Waals surface area contributed by atoms with Crippen molar-refractivity contribution in [2.75, 3.05) is 11.5 Å². The van der Waals surface area contributed by atoms with Crippen LogP contribution < -0.4 is 5.32 Å². The van der Waals surface area contributed by atoms with Crippen LogP contribution in [-0.2, 0) is 11.2 Å². The molecule has 0 aliphatic heterocycles. The fraction of sp³-hybridized carbons (Fsp3) is 0.348. The van der Waals surface area contributed by atoms with Gasteiger partial charge < -0.3 is 9.87 Å². The Labute approximate surface area is 218 Å². The van der Waals surface area contributed by atoms with Gasteiger partial charge in [-0.05, 0) is 66.0 Å². The zero-order chi connectivity index (χ0) is 26.6. The van der Waals surface area contributed by atoms with Crippen molar-refractivity contribution in [3.63, 3.8) is 0 Å². The van der Waals surface area contributed by atoms with E-state index in [0.29, 0.717) is 20.1 Å². The van der Waals surface area contributed by atoms with Crippen molar-refractivity contribution in [1.29, 1.82) is 0 Å². The minimum atomic E-state index is -4.56. The second-order valence-corrected chi connectivity index (χ2v) is 11.2. The van der Waals surface area contributed by atoms with E-state index in [1.54, 1.807) is 13.0 Å². The number of hydrogen-bond acceptors (Lipinski definition) is 2. The van der Waals surface area contributed by atoms with E-state index in [4.69, 9.17) is 0 Å². The van der Waals surface area contributed by atoms with Gasteiger partial charge in [-0.15, -0.1) is 0 Å². The number of rotatable bonds is 8. The van der Waals surface area contributed by atoms with Crippen LogP contribution in [0.4, 0.5) is 26.3 Å². The predicted molar refractivity (Wildman–Crippen MR) is 132 cm³/mol. The van der Waals surface area contributed by atoms with Crippen LogP contribution in [0.5, 0.6) is 0 Å². The first kappa shape index (κ1) is 29.7. The molecule has 2 unspecified atom stereocenters. The quantitative estimate of drug-likeness (QED) is 0.241. The zero-order valence-corrected chi connectivity index (χ0v) is 22.4. The van der Waals surface area contributed by atoms with Crippen molar-refractivity contribution in [2.24, 2.45) is 0 Å². The third-order valence-electron chi connectivity index (χ3n) is 4.71. The Bertz CT molecular complexity index is 1050. The lowest BCUT2D eigenvalue weighted by atomic mass is 9.96. The average Bonchev–Trinajstić information content (AvgIpc) is 2.64. The molecule has 0 aliphatic rings. The molecular weight excluding hydrogens is 628 g/mol. The standard InChI is InChI=1S/C23H21Br2F6NO2S/c1-13-7-15(4-6-20(23(29,30)31)16-8-17(24)10-18(25)9-16)3-5-19(13)21(33)32-14(2)11-35(34)12-22(26,27)28/h3-10,14,20H,11-12H2,1-2H3,(H,32,33)/b6-4+/t14-,20?,35?/m1/s1. The summed E-state index contributed by atoms with van der Waals surface area (Å²) < 4.78 is 90.7. The molecule has 12 heteroatoms. The first-order chi connectivity index (χ1) is 16.0. The number of carbonyl (C=O) groups excluding carboxylic acids is 1. The molecule has 192 valence electrons. The summed E-state index contributed by atoms with van der Waals surface area (Å²) in [6, 6.07) is 8.03. The third kappa shape index (κ3) is 9.82. The number of aryl methyl sites for hydroxylation is 1. The van der Waals surface area contributed by atoms with E-state index < -0.39 is 47.1 Å². The highest BCUT2D eigenvalue weighted by Gasteiger charge is 2.39. The number of carbonyl (C=O) groups is 1. The lowest BCUT2D eigenvalue weighted by molar-refractivity contribution is -0.139. The fourth-order valence-corrected chi connectivity index (χ4v) is 5.73. The Kier molecular flexibility index (Phi) is 10.3. The average molecular weight is 649 g/mol. The zero-order valence-electron chi connectivity index (χ0n) is 18.4. The lowest BCUT2D eigenvalue weighted by Gasteiger charge is -2.19. The van der Waals surface area contributed by atoms with Gasteiger partial charge in [0.25, 0.3) is 5.91 Å². The van der Waals surface area contributed by atoms with Crippen molar-refractivity contribution >= 4 is 55.0 Å². The molecule has 0 radical (unpaired) electrons. The monoisotopic (exact) mass is 647 g/mol. The number of amides is 1. The molecule has 2 aromatic carbocycles. The summed E-state index contributed by atoms with van der Waals surface area (Å²) in [7, 11) is 0. The maximum absolute atomic E-state index is 13.7.